The molecule has 0 unspecified atom stereocenters. The smallest absolute Gasteiger partial charge is 0.221 e. The summed E-state index contributed by atoms with van der Waals surface area (Å²) in [5, 5.41) is 16.1. The highest BCUT2D eigenvalue weighted by Crippen LogP contribution is 2.35. The number of carbonyl (C=O) groups is 1. The molecule has 2 aromatic heterocycles. The van der Waals surface area contributed by atoms with Crippen LogP contribution in [-0.4, -0.2) is 21.1 Å². The molecule has 0 fully saturated rings. The number of rotatable bonds is 7. The van der Waals surface area contributed by atoms with Crippen molar-refractivity contribution >= 4 is 33.8 Å². The van der Waals surface area contributed by atoms with Crippen molar-refractivity contribution in [2.75, 3.05) is 10.6 Å². The summed E-state index contributed by atoms with van der Waals surface area (Å²) >= 11 is 1.43. The molecule has 0 bridgehead atoms. The van der Waals surface area contributed by atoms with E-state index in [4.69, 9.17) is 4.74 Å². The molecule has 31 heavy (non-hydrogen) atoms. The van der Waals surface area contributed by atoms with Gasteiger partial charge >= 0.3 is 0 Å². The largest absolute Gasteiger partial charge is 0.488 e. The van der Waals surface area contributed by atoms with Crippen LogP contribution in [0.4, 0.5) is 16.5 Å². The number of pyridine rings is 1. The second kappa shape index (κ2) is 9.36. The predicted molar refractivity (Wildman–Crippen MR) is 123 cm³/mol. The fraction of sp³-hybridized carbons (Fsp3) is 0.130. The summed E-state index contributed by atoms with van der Waals surface area (Å²) in [5.74, 6) is 0.627. The van der Waals surface area contributed by atoms with Gasteiger partial charge in [0.2, 0.25) is 11.0 Å². The first-order chi connectivity index (χ1) is 15.1. The Morgan fingerprint density at radius 3 is 2.68 bits per heavy atom. The predicted octanol–water partition coefficient (Wildman–Crippen LogP) is 5.19. The fourth-order valence-electron chi connectivity index (χ4n) is 2.94. The first-order valence-corrected chi connectivity index (χ1v) is 10.5. The highest BCUT2D eigenvalue weighted by molar-refractivity contribution is 7.18. The molecule has 1 amide bonds. The highest BCUT2D eigenvalue weighted by Gasteiger charge is 2.13. The van der Waals surface area contributed by atoms with Crippen LogP contribution >= 0.6 is 11.3 Å². The van der Waals surface area contributed by atoms with E-state index in [1.807, 2.05) is 61.5 Å². The summed E-state index contributed by atoms with van der Waals surface area (Å²) in [7, 11) is 0. The van der Waals surface area contributed by atoms with E-state index < -0.39 is 0 Å². The molecule has 0 saturated heterocycles. The molecule has 0 saturated carbocycles. The number of anilines is 3. The van der Waals surface area contributed by atoms with Crippen molar-refractivity contribution < 1.29 is 9.53 Å². The van der Waals surface area contributed by atoms with E-state index in [9.17, 15) is 4.79 Å². The van der Waals surface area contributed by atoms with Crippen molar-refractivity contribution in [1.29, 1.82) is 0 Å². The number of hydrogen-bond donors (Lipinski definition) is 2. The number of amides is 1. The normalized spacial score (nSPS) is 10.5. The number of aryl methyl sites for hydroxylation is 1. The van der Waals surface area contributed by atoms with Crippen molar-refractivity contribution in [3.05, 3.63) is 78.1 Å². The Morgan fingerprint density at radius 1 is 1.06 bits per heavy atom. The van der Waals surface area contributed by atoms with E-state index in [0.717, 1.165) is 38.8 Å². The Balaban J connectivity index is 1.53. The molecule has 0 spiro atoms. The van der Waals surface area contributed by atoms with Crippen LogP contribution in [0.5, 0.6) is 5.75 Å². The molecule has 2 aromatic carbocycles. The fourth-order valence-corrected chi connectivity index (χ4v) is 3.73. The molecule has 0 aliphatic heterocycles. The molecule has 0 atom stereocenters. The maximum atomic E-state index is 11.3. The summed E-state index contributed by atoms with van der Waals surface area (Å²) in [4.78, 5) is 15.4. The maximum absolute atomic E-state index is 11.3. The summed E-state index contributed by atoms with van der Waals surface area (Å²) in [5.41, 5.74) is 4.54. The highest BCUT2D eigenvalue weighted by atomic mass is 32.1. The van der Waals surface area contributed by atoms with E-state index in [1.54, 1.807) is 12.4 Å². The minimum absolute atomic E-state index is 0.114. The van der Waals surface area contributed by atoms with Gasteiger partial charge in [-0.1, -0.05) is 29.5 Å². The van der Waals surface area contributed by atoms with Gasteiger partial charge in [0.25, 0.3) is 0 Å². The van der Waals surface area contributed by atoms with Crippen LogP contribution in [0.15, 0.2) is 67.0 Å². The van der Waals surface area contributed by atoms with Gasteiger partial charge < -0.3 is 15.4 Å². The van der Waals surface area contributed by atoms with Crippen LogP contribution in [0.1, 0.15) is 18.1 Å². The average molecular weight is 432 g/mol. The van der Waals surface area contributed by atoms with Gasteiger partial charge in [-0.05, 0) is 54.4 Å². The van der Waals surface area contributed by atoms with Gasteiger partial charge in [0.1, 0.15) is 12.4 Å². The van der Waals surface area contributed by atoms with Gasteiger partial charge in [-0.2, -0.15) is 0 Å². The number of nitrogens with one attached hydrogen (secondary N) is 2. The lowest BCUT2D eigenvalue weighted by molar-refractivity contribution is -0.114. The molecular formula is C23H21N5O2S. The van der Waals surface area contributed by atoms with E-state index >= 15 is 0 Å². The van der Waals surface area contributed by atoms with Gasteiger partial charge in [0.15, 0.2) is 5.01 Å². The third-order valence-corrected chi connectivity index (χ3v) is 5.36. The van der Waals surface area contributed by atoms with E-state index in [0.29, 0.717) is 11.7 Å². The van der Waals surface area contributed by atoms with Gasteiger partial charge in [-0.3, -0.25) is 9.78 Å². The first kappa shape index (κ1) is 20.5. The molecule has 156 valence electrons. The summed E-state index contributed by atoms with van der Waals surface area (Å²) in [6, 6.07) is 17.3. The quantitative estimate of drug-likeness (QED) is 0.419. The number of hydrogen-bond acceptors (Lipinski definition) is 7. The Kier molecular flexibility index (Phi) is 6.18. The van der Waals surface area contributed by atoms with Crippen molar-refractivity contribution in [3.8, 4) is 16.3 Å². The van der Waals surface area contributed by atoms with Gasteiger partial charge in [-0.25, -0.2) is 0 Å². The number of carbonyl (C=O) groups excluding carboxylic acids is 1. The third kappa shape index (κ3) is 5.23. The molecule has 2 heterocycles. The van der Waals surface area contributed by atoms with Crippen molar-refractivity contribution in [2.45, 2.75) is 20.5 Å². The van der Waals surface area contributed by atoms with Crippen LogP contribution in [0.25, 0.3) is 10.6 Å². The number of aromatic nitrogens is 3. The van der Waals surface area contributed by atoms with Gasteiger partial charge in [0.05, 0.1) is 5.56 Å². The van der Waals surface area contributed by atoms with Crippen molar-refractivity contribution in [2.24, 2.45) is 0 Å². The van der Waals surface area contributed by atoms with E-state index in [1.165, 1.54) is 18.3 Å². The lowest BCUT2D eigenvalue weighted by Crippen LogP contribution is -2.06. The Bertz CT molecular complexity index is 1190. The standard InChI is InChI=1S/C23H21N5O2S/c1-15-7-8-18(25-16(2)29)13-20(15)26-23-28-27-22(31-23)19-5-3-4-6-21(19)30-14-17-9-11-24-12-10-17/h3-13H,14H2,1-2H3,(H,25,29)(H,26,28). The zero-order chi connectivity index (χ0) is 21.6. The van der Waals surface area contributed by atoms with Crippen LogP contribution in [0.2, 0.25) is 0 Å². The molecule has 0 aliphatic rings. The summed E-state index contributed by atoms with van der Waals surface area (Å²) in [6.45, 7) is 3.92. The Hall–Kier alpha value is -3.78. The van der Waals surface area contributed by atoms with E-state index in [-0.39, 0.29) is 5.91 Å². The second-order valence-electron chi connectivity index (χ2n) is 6.89. The lowest BCUT2D eigenvalue weighted by atomic mass is 10.2. The van der Waals surface area contributed by atoms with E-state index in [2.05, 4.69) is 25.8 Å². The zero-order valence-corrected chi connectivity index (χ0v) is 17.9. The number of nitrogens with zero attached hydrogens (tertiary/aromatic N) is 3. The monoisotopic (exact) mass is 431 g/mol. The molecule has 0 aliphatic carbocycles. The SMILES string of the molecule is CC(=O)Nc1ccc(C)c(Nc2nnc(-c3ccccc3OCc3ccncc3)s2)c1. The summed E-state index contributed by atoms with van der Waals surface area (Å²) in [6.07, 6.45) is 3.49. The Morgan fingerprint density at radius 2 is 1.87 bits per heavy atom. The molecule has 0 radical (unpaired) electrons. The average Bonchev–Trinajstić information content (AvgIpc) is 3.23. The van der Waals surface area contributed by atoms with Crippen LogP contribution in [0, 0.1) is 6.92 Å². The number of para-hydroxylation sites is 1. The molecule has 8 heteroatoms. The third-order valence-electron chi connectivity index (χ3n) is 4.49. The Labute approximate surface area is 184 Å². The van der Waals surface area contributed by atoms with Crippen molar-refractivity contribution in [1.82, 2.24) is 15.2 Å². The van der Waals surface area contributed by atoms with Gasteiger partial charge in [0, 0.05) is 30.7 Å². The van der Waals surface area contributed by atoms with Gasteiger partial charge in [-0.15, -0.1) is 10.2 Å². The topological polar surface area (TPSA) is 89.0 Å². The van der Waals surface area contributed by atoms with Crippen LogP contribution < -0.4 is 15.4 Å². The van der Waals surface area contributed by atoms with Crippen LogP contribution in [-0.2, 0) is 11.4 Å². The number of ether oxygens (including phenoxy) is 1. The second-order valence-corrected chi connectivity index (χ2v) is 7.87. The van der Waals surface area contributed by atoms with Crippen LogP contribution in [0.3, 0.4) is 0 Å². The molecule has 7 nitrogen and oxygen atoms in total. The lowest BCUT2D eigenvalue weighted by Gasteiger charge is -2.10. The molecule has 2 N–H and O–H groups in total. The summed E-state index contributed by atoms with van der Waals surface area (Å²) < 4.78 is 6.03. The van der Waals surface area contributed by atoms with Crippen molar-refractivity contribution in [3.63, 3.8) is 0 Å². The minimum atomic E-state index is -0.114. The maximum Gasteiger partial charge on any atom is 0.221 e. The first-order valence-electron chi connectivity index (χ1n) is 9.68. The zero-order valence-electron chi connectivity index (χ0n) is 17.1. The molecule has 4 rings (SSSR count). The molecule has 4 aromatic rings. The molecular weight excluding hydrogens is 410 g/mol. The number of benzene rings is 2. The minimum Gasteiger partial charge on any atom is -0.488 e.